The number of amides is 1. The first-order valence-corrected chi connectivity index (χ1v) is 9.60. The van der Waals surface area contributed by atoms with E-state index in [1.165, 1.54) is 11.8 Å². The minimum Gasteiger partial charge on any atom is -0.497 e. The number of anilines is 2. The fourth-order valence-corrected chi connectivity index (χ4v) is 3.39. The Labute approximate surface area is 157 Å². The molecule has 1 amide bonds. The average molecular weight is 373 g/mol. The molecule has 138 valence electrons. The lowest BCUT2D eigenvalue weighted by Crippen LogP contribution is -2.33. The number of aromatic nitrogens is 3. The van der Waals surface area contributed by atoms with Crippen molar-refractivity contribution >= 4 is 29.3 Å². The van der Waals surface area contributed by atoms with Gasteiger partial charge in [0.1, 0.15) is 5.75 Å². The van der Waals surface area contributed by atoms with Crippen molar-refractivity contribution in [1.82, 2.24) is 14.8 Å². The lowest BCUT2D eigenvalue weighted by molar-refractivity contribution is -0.113. The second-order valence-electron chi connectivity index (χ2n) is 6.40. The molecule has 7 nitrogen and oxygen atoms in total. The summed E-state index contributed by atoms with van der Waals surface area (Å²) < 4.78 is 6.97. The Morgan fingerprint density at radius 1 is 1.35 bits per heavy atom. The maximum absolute atomic E-state index is 13.0. The Morgan fingerprint density at radius 2 is 2.04 bits per heavy atom. The molecule has 0 fully saturated rings. The molecule has 0 aliphatic carbocycles. The van der Waals surface area contributed by atoms with Gasteiger partial charge in [0, 0.05) is 11.4 Å². The smallest absolute Gasteiger partial charge is 0.255 e. The predicted octanol–water partition coefficient (Wildman–Crippen LogP) is 3.54. The summed E-state index contributed by atoms with van der Waals surface area (Å²) in [5.74, 6) is 1.45. The zero-order valence-corrected chi connectivity index (χ0v) is 16.3. The SMILES string of the molecule is COc1ccc(NC(=O)C2=C(C)Nc3nc(SC)nn3[C@H]2C(C)C)cc1. The van der Waals surface area contributed by atoms with Crippen LogP contribution in [0.3, 0.4) is 0 Å². The monoisotopic (exact) mass is 373 g/mol. The van der Waals surface area contributed by atoms with Crippen LogP contribution in [-0.2, 0) is 4.79 Å². The van der Waals surface area contributed by atoms with Crippen molar-refractivity contribution in [3.63, 3.8) is 0 Å². The first kappa shape index (κ1) is 18.3. The summed E-state index contributed by atoms with van der Waals surface area (Å²) in [7, 11) is 1.61. The van der Waals surface area contributed by atoms with Gasteiger partial charge in [-0.1, -0.05) is 25.6 Å². The van der Waals surface area contributed by atoms with Gasteiger partial charge >= 0.3 is 0 Å². The van der Waals surface area contributed by atoms with E-state index in [1.54, 1.807) is 7.11 Å². The van der Waals surface area contributed by atoms with Crippen molar-refractivity contribution in [2.24, 2.45) is 5.92 Å². The van der Waals surface area contributed by atoms with Gasteiger partial charge in [-0.3, -0.25) is 4.79 Å². The van der Waals surface area contributed by atoms with Gasteiger partial charge in [0.15, 0.2) is 0 Å². The Morgan fingerprint density at radius 3 is 2.62 bits per heavy atom. The zero-order valence-electron chi connectivity index (χ0n) is 15.5. The van der Waals surface area contributed by atoms with E-state index >= 15 is 0 Å². The summed E-state index contributed by atoms with van der Waals surface area (Å²) in [5, 5.41) is 11.4. The molecule has 0 radical (unpaired) electrons. The van der Waals surface area contributed by atoms with Crippen LogP contribution >= 0.6 is 11.8 Å². The summed E-state index contributed by atoms with van der Waals surface area (Å²) in [6, 6.07) is 7.09. The summed E-state index contributed by atoms with van der Waals surface area (Å²) in [5.41, 5.74) is 2.18. The quantitative estimate of drug-likeness (QED) is 0.780. The fourth-order valence-electron chi connectivity index (χ4n) is 3.04. The molecule has 1 aromatic carbocycles. The Kier molecular flexibility index (Phi) is 5.22. The highest BCUT2D eigenvalue weighted by atomic mass is 32.2. The molecule has 2 aromatic rings. The van der Waals surface area contributed by atoms with Crippen molar-refractivity contribution < 1.29 is 9.53 Å². The molecule has 1 aliphatic rings. The van der Waals surface area contributed by atoms with Crippen molar-refractivity contribution in [3.05, 3.63) is 35.5 Å². The number of hydrogen-bond donors (Lipinski definition) is 2. The van der Waals surface area contributed by atoms with Crippen LogP contribution in [0.1, 0.15) is 26.8 Å². The molecule has 1 atom stereocenters. The van der Waals surface area contributed by atoms with E-state index in [-0.39, 0.29) is 17.9 Å². The van der Waals surface area contributed by atoms with E-state index in [2.05, 4.69) is 34.6 Å². The van der Waals surface area contributed by atoms with Gasteiger partial charge in [-0.25, -0.2) is 4.68 Å². The number of carbonyl (C=O) groups is 1. The van der Waals surface area contributed by atoms with E-state index in [1.807, 2.05) is 42.1 Å². The van der Waals surface area contributed by atoms with Gasteiger partial charge in [0.05, 0.1) is 18.7 Å². The van der Waals surface area contributed by atoms with E-state index in [9.17, 15) is 4.79 Å². The van der Waals surface area contributed by atoms with Crippen LogP contribution < -0.4 is 15.4 Å². The summed E-state index contributed by atoms with van der Waals surface area (Å²) in [4.78, 5) is 17.5. The molecule has 1 aromatic heterocycles. The maximum atomic E-state index is 13.0. The molecular weight excluding hydrogens is 350 g/mol. The highest BCUT2D eigenvalue weighted by Crippen LogP contribution is 2.36. The number of carbonyl (C=O) groups excluding carboxylic acids is 1. The van der Waals surface area contributed by atoms with Crippen molar-refractivity contribution in [2.75, 3.05) is 24.0 Å². The third-order valence-corrected chi connectivity index (χ3v) is 4.82. The lowest BCUT2D eigenvalue weighted by atomic mass is 9.92. The van der Waals surface area contributed by atoms with Crippen LogP contribution in [0, 0.1) is 5.92 Å². The van der Waals surface area contributed by atoms with Crippen LogP contribution in [0.5, 0.6) is 5.75 Å². The largest absolute Gasteiger partial charge is 0.497 e. The van der Waals surface area contributed by atoms with Crippen LogP contribution in [0.2, 0.25) is 0 Å². The van der Waals surface area contributed by atoms with Gasteiger partial charge in [-0.05, 0) is 43.4 Å². The molecule has 1 aliphatic heterocycles. The third-order valence-electron chi connectivity index (χ3n) is 4.28. The third kappa shape index (κ3) is 3.41. The summed E-state index contributed by atoms with van der Waals surface area (Å²) in [6.45, 7) is 6.05. The van der Waals surface area contributed by atoms with Gasteiger partial charge in [-0.15, -0.1) is 5.10 Å². The van der Waals surface area contributed by atoms with Crippen LogP contribution in [0.4, 0.5) is 11.6 Å². The standard InChI is InChI=1S/C18H23N5O2S/c1-10(2)15-14(11(3)19-17-21-18(26-5)22-23(15)17)16(24)20-12-6-8-13(25-4)9-7-12/h6-10,15H,1-5H3,(H,20,24)(H,19,21,22)/t15-/m0/s1. The molecule has 0 saturated carbocycles. The number of thioether (sulfide) groups is 1. The Balaban J connectivity index is 1.91. The number of benzene rings is 1. The topological polar surface area (TPSA) is 81.1 Å². The maximum Gasteiger partial charge on any atom is 0.255 e. The molecule has 2 heterocycles. The lowest BCUT2D eigenvalue weighted by Gasteiger charge is -2.30. The number of hydrogen-bond acceptors (Lipinski definition) is 6. The molecule has 26 heavy (non-hydrogen) atoms. The number of ether oxygens (including phenoxy) is 1. The molecule has 0 unspecified atom stereocenters. The van der Waals surface area contributed by atoms with Crippen molar-refractivity contribution in [2.45, 2.75) is 32.0 Å². The van der Waals surface area contributed by atoms with Gasteiger partial charge in [-0.2, -0.15) is 4.98 Å². The highest BCUT2D eigenvalue weighted by molar-refractivity contribution is 7.98. The van der Waals surface area contributed by atoms with Crippen molar-refractivity contribution in [1.29, 1.82) is 0 Å². The molecule has 0 bridgehead atoms. The first-order chi connectivity index (χ1) is 12.4. The highest BCUT2D eigenvalue weighted by Gasteiger charge is 2.34. The first-order valence-electron chi connectivity index (χ1n) is 8.38. The van der Waals surface area contributed by atoms with Crippen LogP contribution in [-0.4, -0.2) is 34.0 Å². The van der Waals surface area contributed by atoms with Crippen LogP contribution in [0.15, 0.2) is 40.7 Å². The van der Waals surface area contributed by atoms with Crippen molar-refractivity contribution in [3.8, 4) is 5.75 Å². The Hall–Kier alpha value is -2.48. The normalized spacial score (nSPS) is 16.3. The van der Waals surface area contributed by atoms with Gasteiger partial charge in [0.25, 0.3) is 5.91 Å². The number of fused-ring (bicyclic) bond motifs is 1. The number of rotatable bonds is 5. The van der Waals surface area contributed by atoms with E-state index < -0.39 is 0 Å². The second-order valence-corrected chi connectivity index (χ2v) is 7.18. The second kappa shape index (κ2) is 7.41. The number of nitrogens with zero attached hydrogens (tertiary/aromatic N) is 3. The summed E-state index contributed by atoms with van der Waals surface area (Å²) >= 11 is 1.48. The molecule has 2 N–H and O–H groups in total. The van der Waals surface area contributed by atoms with Crippen LogP contribution in [0.25, 0.3) is 0 Å². The fraction of sp³-hybridized carbons (Fsp3) is 0.389. The number of methoxy groups -OCH3 is 1. The average Bonchev–Trinajstić information content (AvgIpc) is 3.03. The minimum atomic E-state index is -0.183. The Bertz CT molecular complexity index is 842. The molecule has 3 rings (SSSR count). The molecule has 8 heteroatoms. The van der Waals surface area contributed by atoms with E-state index in [0.717, 1.165) is 11.4 Å². The molecular formula is C18H23N5O2S. The zero-order chi connectivity index (χ0) is 18.8. The number of nitrogens with one attached hydrogen (secondary N) is 2. The van der Waals surface area contributed by atoms with Gasteiger partial charge in [0.2, 0.25) is 11.1 Å². The van der Waals surface area contributed by atoms with E-state index in [4.69, 9.17) is 4.74 Å². The van der Waals surface area contributed by atoms with Gasteiger partial charge < -0.3 is 15.4 Å². The summed E-state index contributed by atoms with van der Waals surface area (Å²) in [6.07, 6.45) is 1.93. The predicted molar refractivity (Wildman–Crippen MR) is 104 cm³/mol. The molecule has 0 spiro atoms. The molecule has 0 saturated heterocycles. The minimum absolute atomic E-state index is 0.147. The number of allylic oxidation sites excluding steroid dienone is 1. The van der Waals surface area contributed by atoms with E-state index in [0.29, 0.717) is 22.4 Å².